The minimum absolute atomic E-state index is 0.360. The number of anilines is 1. The summed E-state index contributed by atoms with van der Waals surface area (Å²) in [5.74, 6) is 0.208. The number of ether oxygens (including phenoxy) is 1. The molecule has 138 valence electrons. The van der Waals surface area contributed by atoms with Crippen LogP contribution in [0.3, 0.4) is 0 Å². The lowest BCUT2D eigenvalue weighted by atomic mass is 10.1. The highest BCUT2D eigenvalue weighted by molar-refractivity contribution is 6.47. The maximum Gasteiger partial charge on any atom is 0.299 e. The molecular formula is C21H21N3O3. The number of carbonyl (C=O) groups excluding carboxylic acids is 2. The van der Waals surface area contributed by atoms with E-state index in [-0.39, 0.29) is 0 Å². The van der Waals surface area contributed by atoms with Crippen molar-refractivity contribution in [2.45, 2.75) is 13.8 Å². The highest BCUT2D eigenvalue weighted by Crippen LogP contribution is 2.24. The Morgan fingerprint density at radius 2 is 1.56 bits per heavy atom. The Morgan fingerprint density at radius 3 is 2.11 bits per heavy atom. The first-order chi connectivity index (χ1) is 12.9. The third kappa shape index (κ3) is 3.74. The van der Waals surface area contributed by atoms with Gasteiger partial charge in [-0.05, 0) is 50.2 Å². The van der Waals surface area contributed by atoms with Crippen molar-refractivity contribution in [2.24, 2.45) is 7.05 Å². The van der Waals surface area contributed by atoms with E-state index >= 15 is 0 Å². The largest absolute Gasteiger partial charge is 0.457 e. The number of Topliss-reactive ketones (excluding diaryl/α,β-unsaturated/α-hetero) is 1. The molecule has 0 atom stereocenters. The van der Waals surface area contributed by atoms with Crippen LogP contribution in [-0.2, 0) is 11.8 Å². The second-order valence-corrected chi connectivity index (χ2v) is 6.27. The molecule has 0 unspecified atom stereocenters. The number of ketones is 1. The number of hydrogen-bond acceptors (Lipinski definition) is 4. The van der Waals surface area contributed by atoms with E-state index in [1.807, 2.05) is 30.3 Å². The fraction of sp³-hybridized carbons (Fsp3) is 0.190. The third-order valence-corrected chi connectivity index (χ3v) is 4.44. The van der Waals surface area contributed by atoms with Crippen LogP contribution >= 0.6 is 0 Å². The Hall–Kier alpha value is -3.41. The van der Waals surface area contributed by atoms with Crippen LogP contribution in [0, 0.1) is 13.8 Å². The summed E-state index contributed by atoms with van der Waals surface area (Å²) in [5, 5.41) is 4.21. The highest BCUT2D eigenvalue weighted by atomic mass is 16.5. The summed E-state index contributed by atoms with van der Waals surface area (Å²) in [6.45, 7) is 3.50. The van der Waals surface area contributed by atoms with Crippen molar-refractivity contribution in [3.8, 4) is 11.5 Å². The quantitative estimate of drug-likeness (QED) is 0.512. The summed E-state index contributed by atoms with van der Waals surface area (Å²) in [6, 6.07) is 16.4. The molecule has 0 fully saturated rings. The Balaban J connectivity index is 1.76. The van der Waals surface area contributed by atoms with Gasteiger partial charge in [-0.25, -0.2) is 0 Å². The fourth-order valence-electron chi connectivity index (χ4n) is 2.84. The van der Waals surface area contributed by atoms with E-state index in [1.165, 1.54) is 4.90 Å². The smallest absolute Gasteiger partial charge is 0.299 e. The monoisotopic (exact) mass is 363 g/mol. The summed E-state index contributed by atoms with van der Waals surface area (Å²) >= 11 is 0. The molecule has 2 aromatic carbocycles. The molecule has 3 aromatic rings. The van der Waals surface area contributed by atoms with Gasteiger partial charge >= 0.3 is 0 Å². The summed E-state index contributed by atoms with van der Waals surface area (Å²) < 4.78 is 7.35. The van der Waals surface area contributed by atoms with Crippen molar-refractivity contribution in [3.05, 3.63) is 71.5 Å². The zero-order valence-corrected chi connectivity index (χ0v) is 15.8. The predicted molar refractivity (Wildman–Crippen MR) is 103 cm³/mol. The molecule has 0 aliphatic carbocycles. The molecule has 6 nitrogen and oxygen atoms in total. The first-order valence-electron chi connectivity index (χ1n) is 8.54. The number of carbonyl (C=O) groups is 2. The van der Waals surface area contributed by atoms with Crippen LogP contribution in [0.4, 0.5) is 5.69 Å². The van der Waals surface area contributed by atoms with Gasteiger partial charge in [0.1, 0.15) is 11.5 Å². The number of nitrogens with zero attached hydrogens (tertiary/aromatic N) is 3. The standard InChI is InChI=1S/C21H21N3O3/c1-14-19(15(2)24(4)22-14)20(25)21(26)23(3)16-10-12-18(13-11-16)27-17-8-6-5-7-9-17/h5-13H,1-4H3. The summed E-state index contributed by atoms with van der Waals surface area (Å²) in [6.07, 6.45) is 0. The van der Waals surface area contributed by atoms with E-state index in [0.717, 1.165) is 5.75 Å². The maximum absolute atomic E-state index is 12.7. The lowest BCUT2D eigenvalue weighted by Crippen LogP contribution is -2.33. The second-order valence-electron chi connectivity index (χ2n) is 6.27. The molecular weight excluding hydrogens is 342 g/mol. The first-order valence-corrected chi connectivity index (χ1v) is 8.54. The minimum Gasteiger partial charge on any atom is -0.457 e. The number of para-hydroxylation sites is 1. The van der Waals surface area contributed by atoms with Crippen LogP contribution in [0.2, 0.25) is 0 Å². The van der Waals surface area contributed by atoms with E-state index in [9.17, 15) is 9.59 Å². The molecule has 1 amide bonds. The zero-order valence-electron chi connectivity index (χ0n) is 15.8. The molecule has 0 saturated carbocycles. The molecule has 6 heteroatoms. The summed E-state index contributed by atoms with van der Waals surface area (Å²) in [5.41, 5.74) is 2.19. The second kappa shape index (κ2) is 7.45. The minimum atomic E-state index is -0.606. The Bertz CT molecular complexity index is 976. The summed E-state index contributed by atoms with van der Waals surface area (Å²) in [7, 11) is 3.33. The van der Waals surface area contributed by atoms with E-state index in [1.54, 1.807) is 56.9 Å². The van der Waals surface area contributed by atoms with Crippen molar-refractivity contribution in [1.82, 2.24) is 9.78 Å². The van der Waals surface area contributed by atoms with Gasteiger partial charge in [0.25, 0.3) is 11.7 Å². The fourth-order valence-corrected chi connectivity index (χ4v) is 2.84. The van der Waals surface area contributed by atoms with Gasteiger partial charge in [0.05, 0.1) is 11.3 Å². The molecule has 1 heterocycles. The Morgan fingerprint density at radius 1 is 0.963 bits per heavy atom. The van der Waals surface area contributed by atoms with Crippen molar-refractivity contribution in [1.29, 1.82) is 0 Å². The number of aromatic nitrogens is 2. The molecule has 1 aromatic heterocycles. The van der Waals surface area contributed by atoms with Crippen LogP contribution in [0.15, 0.2) is 54.6 Å². The van der Waals surface area contributed by atoms with E-state index in [0.29, 0.717) is 28.4 Å². The average molecular weight is 363 g/mol. The lowest BCUT2D eigenvalue weighted by molar-refractivity contribution is -0.114. The predicted octanol–water partition coefficient (Wildman–Crippen LogP) is 3.67. The first kappa shape index (κ1) is 18.4. The molecule has 3 rings (SSSR count). The molecule has 0 radical (unpaired) electrons. The molecule has 0 N–H and O–H groups in total. The maximum atomic E-state index is 12.7. The van der Waals surface area contributed by atoms with Crippen LogP contribution in [-0.4, -0.2) is 28.5 Å². The number of amides is 1. The van der Waals surface area contributed by atoms with Crippen molar-refractivity contribution in [3.63, 3.8) is 0 Å². The van der Waals surface area contributed by atoms with Crippen molar-refractivity contribution in [2.75, 3.05) is 11.9 Å². The van der Waals surface area contributed by atoms with E-state index in [2.05, 4.69) is 5.10 Å². The van der Waals surface area contributed by atoms with Crippen LogP contribution in [0.25, 0.3) is 0 Å². The van der Waals surface area contributed by atoms with Crippen molar-refractivity contribution >= 4 is 17.4 Å². The van der Waals surface area contributed by atoms with Gasteiger partial charge in [-0.2, -0.15) is 5.10 Å². The number of rotatable bonds is 5. The molecule has 27 heavy (non-hydrogen) atoms. The zero-order chi connectivity index (χ0) is 19.6. The van der Waals surface area contributed by atoms with Gasteiger partial charge in [0.15, 0.2) is 0 Å². The Labute approximate surface area is 158 Å². The molecule has 0 bridgehead atoms. The number of likely N-dealkylation sites (N-methyl/N-ethyl adjacent to an activating group) is 1. The van der Waals surface area contributed by atoms with E-state index in [4.69, 9.17) is 4.74 Å². The lowest BCUT2D eigenvalue weighted by Gasteiger charge is -2.17. The van der Waals surface area contributed by atoms with Crippen LogP contribution in [0.1, 0.15) is 21.7 Å². The normalized spacial score (nSPS) is 10.5. The number of benzene rings is 2. The topological polar surface area (TPSA) is 64.4 Å². The van der Waals surface area contributed by atoms with Crippen LogP contribution in [0.5, 0.6) is 11.5 Å². The molecule has 0 aliphatic rings. The van der Waals surface area contributed by atoms with Crippen LogP contribution < -0.4 is 9.64 Å². The average Bonchev–Trinajstić information content (AvgIpc) is 2.93. The Kier molecular flexibility index (Phi) is 5.07. The number of aryl methyl sites for hydroxylation is 2. The van der Waals surface area contributed by atoms with Gasteiger partial charge in [-0.3, -0.25) is 14.3 Å². The molecule has 0 aliphatic heterocycles. The van der Waals surface area contributed by atoms with Gasteiger partial charge in [-0.15, -0.1) is 0 Å². The molecule has 0 spiro atoms. The van der Waals surface area contributed by atoms with Gasteiger partial charge < -0.3 is 9.64 Å². The van der Waals surface area contributed by atoms with Gasteiger partial charge in [0.2, 0.25) is 0 Å². The van der Waals surface area contributed by atoms with Crippen molar-refractivity contribution < 1.29 is 14.3 Å². The number of hydrogen-bond donors (Lipinski definition) is 0. The molecule has 0 saturated heterocycles. The highest BCUT2D eigenvalue weighted by Gasteiger charge is 2.27. The SMILES string of the molecule is Cc1nn(C)c(C)c1C(=O)C(=O)N(C)c1ccc(Oc2ccccc2)cc1. The van der Waals surface area contributed by atoms with Gasteiger partial charge in [0, 0.05) is 25.5 Å². The summed E-state index contributed by atoms with van der Waals surface area (Å²) in [4.78, 5) is 26.6. The third-order valence-electron chi connectivity index (χ3n) is 4.44. The van der Waals surface area contributed by atoms with Gasteiger partial charge in [-0.1, -0.05) is 18.2 Å². The van der Waals surface area contributed by atoms with E-state index < -0.39 is 11.7 Å².